The zero-order chi connectivity index (χ0) is 9.97. The van der Waals surface area contributed by atoms with Gasteiger partial charge in [-0.1, -0.05) is 0 Å². The van der Waals surface area contributed by atoms with Crippen LogP contribution in [-0.2, 0) is 6.42 Å². The van der Waals surface area contributed by atoms with Gasteiger partial charge < -0.3 is 5.73 Å². The van der Waals surface area contributed by atoms with E-state index >= 15 is 0 Å². The lowest BCUT2D eigenvalue weighted by Crippen LogP contribution is -2.18. The molecule has 0 bridgehead atoms. The van der Waals surface area contributed by atoms with E-state index in [0.717, 1.165) is 17.6 Å². The molecule has 0 aromatic carbocycles. The molecule has 2 heterocycles. The van der Waals surface area contributed by atoms with Gasteiger partial charge in [0.05, 0.1) is 0 Å². The van der Waals surface area contributed by atoms with Crippen LogP contribution in [0.1, 0.15) is 12.6 Å². The summed E-state index contributed by atoms with van der Waals surface area (Å²) in [5.41, 5.74) is 8.16. The first-order valence-electron chi connectivity index (χ1n) is 4.58. The van der Waals surface area contributed by atoms with E-state index in [1.165, 1.54) is 0 Å². The summed E-state index contributed by atoms with van der Waals surface area (Å²) in [4.78, 5) is 12.6. The van der Waals surface area contributed by atoms with Gasteiger partial charge in [-0.2, -0.15) is 0 Å². The van der Waals surface area contributed by atoms with Crippen LogP contribution in [0.25, 0.3) is 11.2 Å². The third-order valence-electron chi connectivity index (χ3n) is 1.92. The summed E-state index contributed by atoms with van der Waals surface area (Å²) in [5, 5.41) is 0. The summed E-state index contributed by atoms with van der Waals surface area (Å²) in [7, 11) is 0. The van der Waals surface area contributed by atoms with E-state index in [-0.39, 0.29) is 6.04 Å². The molecule has 1 unspecified atom stereocenters. The van der Waals surface area contributed by atoms with Gasteiger partial charge >= 0.3 is 0 Å². The Hall–Kier alpha value is -1.55. The molecule has 0 radical (unpaired) electrons. The number of pyridine rings is 1. The molecule has 0 saturated carbocycles. The lowest BCUT2D eigenvalue weighted by atomic mass is 10.2. The predicted molar refractivity (Wildman–Crippen MR) is 54.7 cm³/mol. The second kappa shape index (κ2) is 3.67. The average molecular weight is 188 g/mol. The second-order valence-corrected chi connectivity index (χ2v) is 3.38. The molecule has 0 aliphatic heterocycles. The summed E-state index contributed by atoms with van der Waals surface area (Å²) in [5.74, 6) is 0. The summed E-state index contributed by atoms with van der Waals surface area (Å²) >= 11 is 0. The minimum absolute atomic E-state index is 0.122. The van der Waals surface area contributed by atoms with Crippen LogP contribution in [0, 0.1) is 0 Å². The van der Waals surface area contributed by atoms with Gasteiger partial charge in [0.25, 0.3) is 0 Å². The molecule has 0 aliphatic carbocycles. The molecule has 14 heavy (non-hydrogen) atoms. The van der Waals surface area contributed by atoms with Crippen molar-refractivity contribution in [2.24, 2.45) is 5.73 Å². The molecule has 4 nitrogen and oxygen atoms in total. The summed E-state index contributed by atoms with van der Waals surface area (Å²) in [6.07, 6.45) is 4.08. The minimum Gasteiger partial charge on any atom is -0.328 e. The Morgan fingerprint density at radius 1 is 1.29 bits per heavy atom. The van der Waals surface area contributed by atoms with Crippen molar-refractivity contribution in [2.75, 3.05) is 0 Å². The van der Waals surface area contributed by atoms with Crippen molar-refractivity contribution in [3.05, 3.63) is 30.2 Å². The minimum atomic E-state index is 0.122. The van der Waals surface area contributed by atoms with Crippen molar-refractivity contribution in [3.8, 4) is 0 Å². The lowest BCUT2D eigenvalue weighted by Gasteiger charge is -2.04. The third kappa shape index (κ3) is 1.85. The number of hydrogen-bond acceptors (Lipinski definition) is 4. The fraction of sp³-hybridized carbons (Fsp3) is 0.300. The van der Waals surface area contributed by atoms with Crippen molar-refractivity contribution < 1.29 is 0 Å². The molecular formula is C10H12N4. The van der Waals surface area contributed by atoms with Crippen molar-refractivity contribution >= 4 is 11.2 Å². The van der Waals surface area contributed by atoms with Gasteiger partial charge in [-0.05, 0) is 19.1 Å². The molecule has 0 fully saturated rings. The number of nitrogens with zero attached hydrogens (tertiary/aromatic N) is 3. The van der Waals surface area contributed by atoms with E-state index in [1.807, 2.05) is 19.1 Å². The van der Waals surface area contributed by atoms with Crippen LogP contribution in [-0.4, -0.2) is 21.0 Å². The average Bonchev–Trinajstić information content (AvgIpc) is 2.17. The molecule has 4 heteroatoms. The topological polar surface area (TPSA) is 64.7 Å². The van der Waals surface area contributed by atoms with Crippen molar-refractivity contribution in [2.45, 2.75) is 19.4 Å². The van der Waals surface area contributed by atoms with Crippen molar-refractivity contribution in [3.63, 3.8) is 0 Å². The van der Waals surface area contributed by atoms with Crippen LogP contribution >= 0.6 is 0 Å². The highest BCUT2D eigenvalue weighted by Crippen LogP contribution is 2.07. The van der Waals surface area contributed by atoms with Gasteiger partial charge in [0.15, 0.2) is 5.65 Å². The van der Waals surface area contributed by atoms with Gasteiger partial charge in [0.2, 0.25) is 0 Å². The normalized spacial score (nSPS) is 13.0. The van der Waals surface area contributed by atoms with Gasteiger partial charge in [-0.3, -0.25) is 4.98 Å². The molecule has 0 saturated heterocycles. The molecule has 0 amide bonds. The second-order valence-electron chi connectivity index (χ2n) is 3.38. The highest BCUT2D eigenvalue weighted by molar-refractivity contribution is 5.68. The van der Waals surface area contributed by atoms with Crippen molar-refractivity contribution in [1.29, 1.82) is 0 Å². The number of nitrogens with two attached hydrogens (primary N) is 1. The fourth-order valence-corrected chi connectivity index (χ4v) is 1.34. The number of aromatic nitrogens is 3. The van der Waals surface area contributed by atoms with E-state index in [4.69, 9.17) is 5.73 Å². The van der Waals surface area contributed by atoms with Crippen LogP contribution in [0.15, 0.2) is 24.5 Å². The Balaban J connectivity index is 2.41. The van der Waals surface area contributed by atoms with Crippen LogP contribution in [0.2, 0.25) is 0 Å². The van der Waals surface area contributed by atoms with Gasteiger partial charge in [0, 0.05) is 30.6 Å². The molecule has 2 rings (SSSR count). The summed E-state index contributed by atoms with van der Waals surface area (Å²) in [6, 6.07) is 3.99. The Kier molecular flexibility index (Phi) is 2.37. The quantitative estimate of drug-likeness (QED) is 0.761. The van der Waals surface area contributed by atoms with Gasteiger partial charge in [-0.15, -0.1) is 0 Å². The third-order valence-corrected chi connectivity index (χ3v) is 1.92. The van der Waals surface area contributed by atoms with Crippen LogP contribution in [0.4, 0.5) is 0 Å². The Bertz CT molecular complexity index is 439. The molecule has 0 spiro atoms. The molecule has 0 aliphatic rings. The predicted octanol–water partition coefficient (Wildman–Crippen LogP) is 0.914. The number of rotatable bonds is 2. The fourth-order valence-electron chi connectivity index (χ4n) is 1.34. The number of hydrogen-bond donors (Lipinski definition) is 1. The zero-order valence-electron chi connectivity index (χ0n) is 8.01. The maximum absolute atomic E-state index is 5.69. The van der Waals surface area contributed by atoms with Crippen LogP contribution in [0.5, 0.6) is 0 Å². The van der Waals surface area contributed by atoms with E-state index in [2.05, 4.69) is 15.0 Å². The molecule has 1 atom stereocenters. The zero-order valence-corrected chi connectivity index (χ0v) is 8.01. The first-order chi connectivity index (χ1) is 6.75. The maximum atomic E-state index is 5.69. The van der Waals surface area contributed by atoms with Gasteiger partial charge in [0.1, 0.15) is 5.52 Å². The highest BCUT2D eigenvalue weighted by Gasteiger charge is 2.01. The first-order valence-corrected chi connectivity index (χ1v) is 4.58. The molecular weight excluding hydrogens is 176 g/mol. The Morgan fingerprint density at radius 2 is 2.07 bits per heavy atom. The van der Waals surface area contributed by atoms with Gasteiger partial charge in [-0.25, -0.2) is 9.97 Å². The molecule has 72 valence electrons. The van der Waals surface area contributed by atoms with E-state index in [1.54, 1.807) is 12.4 Å². The largest absolute Gasteiger partial charge is 0.328 e. The monoisotopic (exact) mass is 188 g/mol. The SMILES string of the molecule is CC(N)Cc1ccc2nccnc2n1. The molecule has 2 aromatic heterocycles. The standard InChI is InChI=1S/C10H12N4/c1-7(11)6-8-2-3-9-10(14-8)13-5-4-12-9/h2-5,7H,6,11H2,1H3. The first kappa shape index (κ1) is 9.02. The Morgan fingerprint density at radius 3 is 2.86 bits per heavy atom. The van der Waals surface area contributed by atoms with E-state index < -0.39 is 0 Å². The summed E-state index contributed by atoms with van der Waals surface area (Å²) < 4.78 is 0. The molecule has 2 N–H and O–H groups in total. The van der Waals surface area contributed by atoms with E-state index in [9.17, 15) is 0 Å². The maximum Gasteiger partial charge on any atom is 0.178 e. The smallest absolute Gasteiger partial charge is 0.178 e. The highest BCUT2D eigenvalue weighted by atomic mass is 14.9. The molecule has 2 aromatic rings. The lowest BCUT2D eigenvalue weighted by molar-refractivity contribution is 0.724. The Labute approximate surface area is 82.2 Å². The van der Waals surface area contributed by atoms with Crippen molar-refractivity contribution in [1.82, 2.24) is 15.0 Å². The van der Waals surface area contributed by atoms with E-state index in [0.29, 0.717) is 5.65 Å². The van der Waals surface area contributed by atoms with Crippen LogP contribution < -0.4 is 5.73 Å². The number of fused-ring (bicyclic) bond motifs is 1. The summed E-state index contributed by atoms with van der Waals surface area (Å²) in [6.45, 7) is 1.96. The van der Waals surface area contributed by atoms with Crippen LogP contribution in [0.3, 0.4) is 0 Å².